The number of carbonyl (C=O) groups is 3. The summed E-state index contributed by atoms with van der Waals surface area (Å²) in [5.41, 5.74) is 2.13. The number of amides is 1. The van der Waals surface area contributed by atoms with Crippen LogP contribution in [0.2, 0.25) is 0 Å². The standard InChI is InChI=1S/C19H14N2O5/c1-11(22)20-15-8-6-13(7-9-15)17-21-16(19(25)26-17)10-12-2-4-14(5-3-12)18(23)24/h2-10H,1H3,(H,20,22)(H,23,24)/b16-10-. The van der Waals surface area contributed by atoms with Crippen LogP contribution in [0.4, 0.5) is 5.69 Å². The fourth-order valence-electron chi connectivity index (χ4n) is 2.31. The molecule has 0 radical (unpaired) electrons. The average molecular weight is 350 g/mol. The number of esters is 1. The van der Waals surface area contributed by atoms with E-state index in [9.17, 15) is 14.4 Å². The van der Waals surface area contributed by atoms with Crippen LogP contribution >= 0.6 is 0 Å². The number of cyclic esters (lactones) is 1. The second-order valence-electron chi connectivity index (χ2n) is 5.52. The van der Waals surface area contributed by atoms with Crippen molar-refractivity contribution in [1.29, 1.82) is 0 Å². The summed E-state index contributed by atoms with van der Waals surface area (Å²) >= 11 is 0. The van der Waals surface area contributed by atoms with Gasteiger partial charge in [0.1, 0.15) is 0 Å². The first kappa shape index (κ1) is 17.1. The second-order valence-corrected chi connectivity index (χ2v) is 5.52. The highest BCUT2D eigenvalue weighted by Crippen LogP contribution is 2.20. The molecule has 1 aliphatic rings. The Kier molecular flexibility index (Phi) is 4.62. The lowest BCUT2D eigenvalue weighted by atomic mass is 10.1. The smallest absolute Gasteiger partial charge is 0.363 e. The Labute approximate surface area is 148 Å². The number of ether oxygens (including phenoxy) is 1. The van der Waals surface area contributed by atoms with Gasteiger partial charge in [0.2, 0.25) is 11.8 Å². The summed E-state index contributed by atoms with van der Waals surface area (Å²) in [6, 6.07) is 12.8. The largest absolute Gasteiger partial charge is 0.478 e. The maximum absolute atomic E-state index is 12.0. The molecule has 1 amide bonds. The van der Waals surface area contributed by atoms with Gasteiger partial charge in [-0.2, -0.15) is 0 Å². The van der Waals surface area contributed by atoms with Crippen molar-refractivity contribution in [1.82, 2.24) is 0 Å². The Balaban J connectivity index is 1.82. The third-order valence-corrected chi connectivity index (χ3v) is 3.53. The molecular weight excluding hydrogens is 336 g/mol. The lowest BCUT2D eigenvalue weighted by Crippen LogP contribution is -2.07. The highest BCUT2D eigenvalue weighted by molar-refractivity contribution is 6.13. The summed E-state index contributed by atoms with van der Waals surface area (Å²) in [6.45, 7) is 1.41. The number of nitrogens with one attached hydrogen (secondary N) is 1. The van der Waals surface area contributed by atoms with Crippen LogP contribution in [0.3, 0.4) is 0 Å². The Morgan fingerprint density at radius 2 is 1.73 bits per heavy atom. The number of nitrogens with zero attached hydrogens (tertiary/aromatic N) is 1. The molecule has 0 saturated heterocycles. The van der Waals surface area contributed by atoms with E-state index >= 15 is 0 Å². The highest BCUT2D eigenvalue weighted by atomic mass is 16.6. The van der Waals surface area contributed by atoms with Gasteiger partial charge in [-0.3, -0.25) is 4.79 Å². The molecule has 2 aromatic rings. The van der Waals surface area contributed by atoms with Gasteiger partial charge < -0.3 is 15.2 Å². The summed E-state index contributed by atoms with van der Waals surface area (Å²) in [6.07, 6.45) is 1.52. The van der Waals surface area contributed by atoms with Gasteiger partial charge in [-0.05, 0) is 48.0 Å². The molecule has 2 N–H and O–H groups in total. The van der Waals surface area contributed by atoms with Crippen molar-refractivity contribution in [2.75, 3.05) is 5.32 Å². The Bertz CT molecular complexity index is 941. The molecule has 0 atom stereocenters. The van der Waals surface area contributed by atoms with Gasteiger partial charge >= 0.3 is 11.9 Å². The molecule has 0 spiro atoms. The molecule has 0 unspecified atom stereocenters. The SMILES string of the molecule is CC(=O)Nc1ccc(C2=N/C(=C\c3ccc(C(=O)O)cc3)C(=O)O2)cc1. The number of aliphatic imine (C=N–C) groups is 1. The molecule has 0 saturated carbocycles. The number of hydrogen-bond acceptors (Lipinski definition) is 5. The maximum Gasteiger partial charge on any atom is 0.363 e. The number of benzene rings is 2. The fraction of sp³-hybridized carbons (Fsp3) is 0.0526. The van der Waals surface area contributed by atoms with Gasteiger partial charge in [0.15, 0.2) is 5.70 Å². The van der Waals surface area contributed by atoms with Crippen LogP contribution in [0.25, 0.3) is 6.08 Å². The molecule has 1 heterocycles. The van der Waals surface area contributed by atoms with E-state index in [-0.39, 0.29) is 23.1 Å². The molecule has 0 aliphatic carbocycles. The number of rotatable bonds is 4. The number of carboxylic acids is 1. The van der Waals surface area contributed by atoms with Crippen molar-refractivity contribution >= 4 is 35.5 Å². The van der Waals surface area contributed by atoms with Gasteiger partial charge in [-0.1, -0.05) is 12.1 Å². The third-order valence-electron chi connectivity index (χ3n) is 3.53. The van der Waals surface area contributed by atoms with E-state index in [1.165, 1.54) is 25.1 Å². The molecule has 26 heavy (non-hydrogen) atoms. The monoisotopic (exact) mass is 350 g/mol. The van der Waals surface area contributed by atoms with Crippen LogP contribution in [-0.2, 0) is 14.3 Å². The van der Waals surface area contributed by atoms with E-state index in [0.29, 0.717) is 16.8 Å². The Hall–Kier alpha value is -3.74. The lowest BCUT2D eigenvalue weighted by Gasteiger charge is -2.03. The predicted molar refractivity (Wildman–Crippen MR) is 94.8 cm³/mol. The number of hydrogen-bond donors (Lipinski definition) is 2. The van der Waals surface area contributed by atoms with Crippen LogP contribution in [0, 0.1) is 0 Å². The van der Waals surface area contributed by atoms with Crippen LogP contribution in [0.1, 0.15) is 28.4 Å². The molecule has 3 rings (SSSR count). The zero-order valence-corrected chi connectivity index (χ0v) is 13.7. The first-order valence-electron chi connectivity index (χ1n) is 7.66. The summed E-state index contributed by atoms with van der Waals surface area (Å²) < 4.78 is 5.18. The van der Waals surface area contributed by atoms with E-state index in [4.69, 9.17) is 9.84 Å². The van der Waals surface area contributed by atoms with Crippen molar-refractivity contribution in [2.45, 2.75) is 6.92 Å². The highest BCUT2D eigenvalue weighted by Gasteiger charge is 2.24. The van der Waals surface area contributed by atoms with Crippen molar-refractivity contribution in [3.8, 4) is 0 Å². The van der Waals surface area contributed by atoms with Crippen molar-refractivity contribution in [3.63, 3.8) is 0 Å². The van der Waals surface area contributed by atoms with E-state index in [2.05, 4.69) is 10.3 Å². The van der Waals surface area contributed by atoms with Crippen molar-refractivity contribution in [2.24, 2.45) is 4.99 Å². The van der Waals surface area contributed by atoms with Crippen LogP contribution < -0.4 is 5.32 Å². The van der Waals surface area contributed by atoms with Gasteiger partial charge in [-0.25, -0.2) is 14.6 Å². The number of anilines is 1. The molecule has 0 fully saturated rings. The van der Waals surface area contributed by atoms with Crippen LogP contribution in [-0.4, -0.2) is 28.9 Å². The molecule has 2 aromatic carbocycles. The van der Waals surface area contributed by atoms with Crippen molar-refractivity contribution < 1.29 is 24.2 Å². The first-order valence-corrected chi connectivity index (χ1v) is 7.66. The normalized spacial score (nSPS) is 14.7. The van der Waals surface area contributed by atoms with Gasteiger partial charge in [-0.15, -0.1) is 0 Å². The minimum atomic E-state index is -1.02. The minimum Gasteiger partial charge on any atom is -0.478 e. The summed E-state index contributed by atoms with van der Waals surface area (Å²) in [4.78, 5) is 38.1. The van der Waals surface area contributed by atoms with E-state index in [1.807, 2.05) is 0 Å². The van der Waals surface area contributed by atoms with Gasteiger partial charge in [0, 0.05) is 18.2 Å². The first-order chi connectivity index (χ1) is 12.4. The maximum atomic E-state index is 12.0. The zero-order valence-electron chi connectivity index (χ0n) is 13.7. The molecular formula is C19H14N2O5. The summed E-state index contributed by atoms with van der Waals surface area (Å²) in [7, 11) is 0. The summed E-state index contributed by atoms with van der Waals surface area (Å²) in [5.74, 6) is -1.62. The minimum absolute atomic E-state index is 0.119. The zero-order chi connectivity index (χ0) is 18.7. The average Bonchev–Trinajstić information content (AvgIpc) is 2.96. The Morgan fingerprint density at radius 1 is 1.08 bits per heavy atom. The molecule has 0 bridgehead atoms. The molecule has 7 heteroatoms. The van der Waals surface area contributed by atoms with Gasteiger partial charge in [0.25, 0.3) is 0 Å². The van der Waals surface area contributed by atoms with Gasteiger partial charge in [0.05, 0.1) is 5.56 Å². The molecule has 1 aliphatic heterocycles. The van der Waals surface area contributed by atoms with E-state index in [0.717, 1.165) is 0 Å². The van der Waals surface area contributed by atoms with Crippen molar-refractivity contribution in [3.05, 3.63) is 70.9 Å². The van der Waals surface area contributed by atoms with Crippen LogP contribution in [0.5, 0.6) is 0 Å². The van der Waals surface area contributed by atoms with E-state index < -0.39 is 11.9 Å². The lowest BCUT2D eigenvalue weighted by molar-refractivity contribution is -0.129. The van der Waals surface area contributed by atoms with E-state index in [1.54, 1.807) is 36.4 Å². The second kappa shape index (κ2) is 7.02. The quantitative estimate of drug-likeness (QED) is 0.651. The third kappa shape index (κ3) is 3.84. The van der Waals surface area contributed by atoms with Crippen LogP contribution in [0.15, 0.2) is 59.2 Å². The topological polar surface area (TPSA) is 105 Å². The Morgan fingerprint density at radius 3 is 2.31 bits per heavy atom. The number of carboxylic acid groups (broad SMARTS) is 1. The number of aromatic carboxylic acids is 1. The number of carbonyl (C=O) groups excluding carboxylic acids is 2. The predicted octanol–water partition coefficient (Wildman–Crippen LogP) is 2.69. The molecule has 7 nitrogen and oxygen atoms in total. The molecule has 130 valence electrons. The summed E-state index contributed by atoms with van der Waals surface area (Å²) in [5, 5.41) is 11.5. The molecule has 0 aromatic heterocycles. The fourth-order valence-corrected chi connectivity index (χ4v) is 2.31.